The van der Waals surface area contributed by atoms with E-state index in [1.54, 1.807) is 0 Å². The van der Waals surface area contributed by atoms with Crippen molar-refractivity contribution in [2.24, 2.45) is 0 Å². The van der Waals surface area contributed by atoms with Crippen LogP contribution in [0.15, 0.2) is 16.7 Å². The van der Waals surface area contributed by atoms with E-state index in [1.807, 2.05) is 13.8 Å². The molecule has 0 spiro atoms. The van der Waals surface area contributed by atoms with E-state index < -0.39 is 5.97 Å². The van der Waals surface area contributed by atoms with Crippen LogP contribution in [0.2, 0.25) is 0 Å². The summed E-state index contributed by atoms with van der Waals surface area (Å²) in [5.41, 5.74) is 0.0155. The fourth-order valence-corrected chi connectivity index (χ4v) is 1.61. The number of rotatable bonds is 5. The summed E-state index contributed by atoms with van der Waals surface area (Å²) < 4.78 is 0.567. The van der Waals surface area contributed by atoms with Crippen LogP contribution in [0.3, 0.4) is 0 Å². The Morgan fingerprint density at radius 2 is 2.17 bits per heavy atom. The molecule has 1 heterocycles. The van der Waals surface area contributed by atoms with Crippen molar-refractivity contribution in [3.8, 4) is 0 Å². The summed E-state index contributed by atoms with van der Waals surface area (Å²) >= 11 is 3.14. The van der Waals surface area contributed by atoms with Gasteiger partial charge in [-0.1, -0.05) is 0 Å². The third-order valence-corrected chi connectivity index (χ3v) is 2.38. The third kappa shape index (κ3) is 4.33. The van der Waals surface area contributed by atoms with Gasteiger partial charge in [0.2, 0.25) is 5.91 Å². The van der Waals surface area contributed by atoms with Crippen molar-refractivity contribution in [3.63, 3.8) is 0 Å². The second-order valence-corrected chi connectivity index (χ2v) is 4.85. The topological polar surface area (TPSA) is 91.3 Å². The van der Waals surface area contributed by atoms with Crippen LogP contribution in [0, 0.1) is 0 Å². The SMILES string of the molecule is CC(C)NC(=O)CNc1ncc(Br)cc1C(=O)O. The quantitative estimate of drug-likeness (QED) is 0.765. The minimum atomic E-state index is -1.10. The van der Waals surface area contributed by atoms with Crippen molar-refractivity contribution >= 4 is 33.6 Å². The molecular weight excluding hydrogens is 302 g/mol. The number of nitrogens with zero attached hydrogens (tertiary/aromatic N) is 1. The first-order chi connectivity index (χ1) is 8.40. The number of carbonyl (C=O) groups is 2. The Hall–Kier alpha value is -1.63. The monoisotopic (exact) mass is 315 g/mol. The van der Waals surface area contributed by atoms with Crippen LogP contribution in [0.4, 0.5) is 5.82 Å². The van der Waals surface area contributed by atoms with Gasteiger partial charge in [0, 0.05) is 16.7 Å². The molecule has 0 fully saturated rings. The molecule has 0 bridgehead atoms. The molecule has 0 atom stereocenters. The van der Waals surface area contributed by atoms with Gasteiger partial charge in [-0.15, -0.1) is 0 Å². The highest BCUT2D eigenvalue weighted by Crippen LogP contribution is 2.17. The average Bonchev–Trinajstić information content (AvgIpc) is 2.26. The highest BCUT2D eigenvalue weighted by molar-refractivity contribution is 9.10. The molecule has 6 nitrogen and oxygen atoms in total. The van der Waals surface area contributed by atoms with Crippen molar-refractivity contribution in [3.05, 3.63) is 22.3 Å². The van der Waals surface area contributed by atoms with Gasteiger partial charge in [0.1, 0.15) is 11.4 Å². The fourth-order valence-electron chi connectivity index (χ4n) is 1.28. The van der Waals surface area contributed by atoms with Gasteiger partial charge in [0.05, 0.1) is 6.54 Å². The maximum atomic E-state index is 11.4. The van der Waals surface area contributed by atoms with Gasteiger partial charge in [0.25, 0.3) is 0 Å². The van der Waals surface area contributed by atoms with E-state index in [9.17, 15) is 9.59 Å². The molecule has 0 radical (unpaired) electrons. The smallest absolute Gasteiger partial charge is 0.339 e. The molecule has 1 rings (SSSR count). The molecule has 98 valence electrons. The number of halogens is 1. The molecule has 0 aliphatic heterocycles. The lowest BCUT2D eigenvalue weighted by Crippen LogP contribution is -2.35. The number of aromatic nitrogens is 1. The van der Waals surface area contributed by atoms with Crippen LogP contribution in [-0.4, -0.2) is 34.6 Å². The molecule has 0 aliphatic rings. The maximum absolute atomic E-state index is 11.4. The minimum absolute atomic E-state index is 0.0155. The van der Waals surface area contributed by atoms with E-state index in [4.69, 9.17) is 5.11 Å². The lowest BCUT2D eigenvalue weighted by atomic mass is 10.2. The van der Waals surface area contributed by atoms with Gasteiger partial charge in [-0.05, 0) is 35.8 Å². The molecule has 0 saturated heterocycles. The molecule has 0 saturated carbocycles. The van der Waals surface area contributed by atoms with Crippen molar-refractivity contribution < 1.29 is 14.7 Å². The summed E-state index contributed by atoms with van der Waals surface area (Å²) in [6.45, 7) is 3.67. The number of carbonyl (C=O) groups excluding carboxylic acids is 1. The first kappa shape index (κ1) is 14.4. The van der Waals surface area contributed by atoms with Crippen LogP contribution in [-0.2, 0) is 4.79 Å². The largest absolute Gasteiger partial charge is 0.478 e. The Balaban J connectivity index is 2.73. The second-order valence-electron chi connectivity index (χ2n) is 3.93. The van der Waals surface area contributed by atoms with Gasteiger partial charge in [-0.2, -0.15) is 0 Å². The number of nitrogens with one attached hydrogen (secondary N) is 2. The first-order valence-corrected chi connectivity index (χ1v) is 6.11. The summed E-state index contributed by atoms with van der Waals surface area (Å²) in [6, 6.07) is 1.47. The number of carboxylic acid groups (broad SMARTS) is 1. The Kier molecular flexibility index (Phi) is 5.08. The molecule has 18 heavy (non-hydrogen) atoms. The Bertz CT molecular complexity index is 463. The lowest BCUT2D eigenvalue weighted by Gasteiger charge is -2.11. The third-order valence-electron chi connectivity index (χ3n) is 1.95. The van der Waals surface area contributed by atoms with Crippen molar-refractivity contribution in [1.29, 1.82) is 0 Å². The van der Waals surface area contributed by atoms with Crippen LogP contribution < -0.4 is 10.6 Å². The number of hydrogen-bond acceptors (Lipinski definition) is 4. The normalized spacial score (nSPS) is 10.2. The number of carboxylic acids is 1. The van der Waals surface area contributed by atoms with Gasteiger partial charge in [-0.3, -0.25) is 4.79 Å². The van der Waals surface area contributed by atoms with E-state index >= 15 is 0 Å². The minimum Gasteiger partial charge on any atom is -0.478 e. The molecule has 1 amide bonds. The molecule has 1 aromatic rings. The van der Waals surface area contributed by atoms with E-state index in [0.717, 1.165) is 0 Å². The predicted octanol–water partition coefficient (Wildman–Crippen LogP) is 1.48. The lowest BCUT2D eigenvalue weighted by molar-refractivity contribution is -0.119. The van der Waals surface area contributed by atoms with Gasteiger partial charge in [-0.25, -0.2) is 9.78 Å². The standard InChI is InChI=1S/C11H14BrN3O3/c1-6(2)15-9(16)5-14-10-8(11(17)18)3-7(12)4-13-10/h3-4,6H,5H2,1-2H3,(H,13,14)(H,15,16)(H,17,18). The molecule has 1 aromatic heterocycles. The maximum Gasteiger partial charge on any atom is 0.339 e. The summed E-state index contributed by atoms with van der Waals surface area (Å²) in [6.07, 6.45) is 1.47. The summed E-state index contributed by atoms with van der Waals surface area (Å²) in [7, 11) is 0. The predicted molar refractivity (Wildman–Crippen MR) is 70.7 cm³/mol. The van der Waals surface area contributed by atoms with Gasteiger partial charge in [0.15, 0.2) is 0 Å². The zero-order valence-electron chi connectivity index (χ0n) is 10.0. The summed E-state index contributed by atoms with van der Waals surface area (Å²) in [5, 5.41) is 14.4. The van der Waals surface area contributed by atoms with Crippen molar-refractivity contribution in [1.82, 2.24) is 10.3 Å². The highest BCUT2D eigenvalue weighted by Gasteiger charge is 2.13. The van der Waals surface area contributed by atoms with Gasteiger partial charge >= 0.3 is 5.97 Å². The molecular formula is C11H14BrN3O3. The number of pyridine rings is 1. The van der Waals surface area contributed by atoms with E-state index in [2.05, 4.69) is 31.5 Å². The van der Waals surface area contributed by atoms with Crippen molar-refractivity contribution in [2.45, 2.75) is 19.9 Å². The number of anilines is 1. The zero-order chi connectivity index (χ0) is 13.7. The molecule has 3 N–H and O–H groups in total. The fraction of sp³-hybridized carbons (Fsp3) is 0.364. The number of aromatic carboxylic acids is 1. The Morgan fingerprint density at radius 3 is 2.72 bits per heavy atom. The van der Waals surface area contributed by atoms with Crippen LogP contribution in [0.25, 0.3) is 0 Å². The molecule has 7 heteroatoms. The van der Waals surface area contributed by atoms with E-state index in [0.29, 0.717) is 4.47 Å². The molecule has 0 unspecified atom stereocenters. The van der Waals surface area contributed by atoms with E-state index in [1.165, 1.54) is 12.3 Å². The van der Waals surface area contributed by atoms with Crippen molar-refractivity contribution in [2.75, 3.05) is 11.9 Å². The average molecular weight is 316 g/mol. The van der Waals surface area contributed by atoms with E-state index in [-0.39, 0.29) is 29.9 Å². The Morgan fingerprint density at radius 1 is 1.50 bits per heavy atom. The first-order valence-electron chi connectivity index (χ1n) is 5.32. The second kappa shape index (κ2) is 6.34. The zero-order valence-corrected chi connectivity index (χ0v) is 11.6. The summed E-state index contributed by atoms with van der Waals surface area (Å²) in [4.78, 5) is 26.3. The number of hydrogen-bond donors (Lipinski definition) is 3. The van der Waals surface area contributed by atoms with Gasteiger partial charge < -0.3 is 15.7 Å². The Labute approximate surface area is 113 Å². The number of amides is 1. The highest BCUT2D eigenvalue weighted by atomic mass is 79.9. The van der Waals surface area contributed by atoms with Crippen LogP contribution >= 0.6 is 15.9 Å². The summed E-state index contributed by atoms with van der Waals surface area (Å²) in [5.74, 6) is -1.15. The molecule has 0 aliphatic carbocycles. The van der Waals surface area contributed by atoms with Crippen LogP contribution in [0.1, 0.15) is 24.2 Å². The van der Waals surface area contributed by atoms with Crippen LogP contribution in [0.5, 0.6) is 0 Å². The molecule has 0 aromatic carbocycles.